The Hall–Kier alpha value is -4.06. The van der Waals surface area contributed by atoms with E-state index < -0.39 is 0 Å². The number of benzene rings is 3. The second kappa shape index (κ2) is 9.90. The number of aromatic nitrogens is 1. The summed E-state index contributed by atoms with van der Waals surface area (Å²) in [5.74, 6) is 0.516. The Morgan fingerprint density at radius 2 is 1.69 bits per heavy atom. The molecule has 184 valence electrons. The molecule has 3 aromatic carbocycles. The highest BCUT2D eigenvalue weighted by Crippen LogP contribution is 2.37. The maximum atomic E-state index is 13.9. The molecular weight excluding hydrogens is 450 g/mol. The highest BCUT2D eigenvalue weighted by atomic mass is 16.5. The van der Waals surface area contributed by atoms with Gasteiger partial charge >= 0.3 is 0 Å². The van der Waals surface area contributed by atoms with E-state index in [0.717, 1.165) is 27.8 Å². The minimum atomic E-state index is -0.290. The molecule has 1 atom stereocenters. The third-order valence-corrected chi connectivity index (χ3v) is 6.98. The van der Waals surface area contributed by atoms with Gasteiger partial charge in [0.15, 0.2) is 0 Å². The third kappa shape index (κ3) is 4.35. The van der Waals surface area contributed by atoms with E-state index in [2.05, 4.69) is 10.6 Å². The van der Waals surface area contributed by atoms with Crippen LogP contribution in [0.2, 0.25) is 0 Å². The van der Waals surface area contributed by atoms with Gasteiger partial charge in [-0.1, -0.05) is 48.5 Å². The number of methoxy groups -OCH3 is 1. The van der Waals surface area contributed by atoms with Crippen LogP contribution in [0.5, 0.6) is 5.75 Å². The molecule has 0 saturated carbocycles. The van der Waals surface area contributed by atoms with Crippen LogP contribution in [0.4, 0.5) is 0 Å². The number of ether oxygens (including phenoxy) is 1. The van der Waals surface area contributed by atoms with Gasteiger partial charge in [-0.2, -0.15) is 0 Å². The highest BCUT2D eigenvalue weighted by Gasteiger charge is 2.35. The summed E-state index contributed by atoms with van der Waals surface area (Å²) < 4.78 is 7.84. The molecule has 6 heteroatoms. The molecule has 5 rings (SSSR count). The lowest BCUT2D eigenvalue weighted by Crippen LogP contribution is -2.49. The van der Waals surface area contributed by atoms with Crippen LogP contribution in [-0.2, 0) is 11.3 Å². The number of amides is 2. The van der Waals surface area contributed by atoms with E-state index in [1.807, 2.05) is 97.7 Å². The topological polar surface area (TPSA) is 54.8 Å². The van der Waals surface area contributed by atoms with E-state index in [9.17, 15) is 9.59 Å². The molecule has 0 N–H and O–H groups in total. The van der Waals surface area contributed by atoms with Gasteiger partial charge in [0.2, 0.25) is 5.91 Å². The molecule has 1 aromatic heterocycles. The van der Waals surface area contributed by atoms with Gasteiger partial charge in [0.25, 0.3) is 5.91 Å². The SMILES string of the molecule is COc1ccccc1C1c2cccn2CCN1C(=O)CN(C(=O)c1ccc2ccccc2c1)C(C)C. The molecule has 1 aliphatic rings. The molecule has 2 amide bonds. The van der Waals surface area contributed by atoms with E-state index in [4.69, 9.17) is 4.74 Å². The van der Waals surface area contributed by atoms with Gasteiger partial charge in [0, 0.05) is 42.1 Å². The minimum absolute atomic E-state index is 0.00961. The smallest absolute Gasteiger partial charge is 0.254 e. The Bertz CT molecular complexity index is 1410. The molecule has 36 heavy (non-hydrogen) atoms. The first-order valence-corrected chi connectivity index (χ1v) is 12.3. The largest absolute Gasteiger partial charge is 0.496 e. The standard InChI is InChI=1S/C30H31N3O3/c1-21(2)33(30(35)24-15-14-22-9-4-5-10-23(22)19-24)20-28(34)32-18-17-31-16-8-12-26(31)29(32)25-11-6-7-13-27(25)36-3/h4-16,19,21,29H,17-18,20H2,1-3H3. The average Bonchev–Trinajstić information content (AvgIpc) is 3.39. The van der Waals surface area contributed by atoms with Crippen LogP contribution in [0, 0.1) is 0 Å². The van der Waals surface area contributed by atoms with E-state index in [0.29, 0.717) is 18.7 Å². The molecule has 1 unspecified atom stereocenters. The zero-order valence-electron chi connectivity index (χ0n) is 20.9. The van der Waals surface area contributed by atoms with E-state index in [1.54, 1.807) is 12.0 Å². The van der Waals surface area contributed by atoms with Crippen molar-refractivity contribution in [2.45, 2.75) is 32.5 Å². The van der Waals surface area contributed by atoms with Crippen LogP contribution < -0.4 is 4.74 Å². The molecule has 0 aliphatic carbocycles. The van der Waals surface area contributed by atoms with Gasteiger partial charge in [-0.15, -0.1) is 0 Å². The van der Waals surface area contributed by atoms with Crippen molar-refractivity contribution >= 4 is 22.6 Å². The fraction of sp³-hybridized carbons (Fsp3) is 0.267. The van der Waals surface area contributed by atoms with Crippen LogP contribution in [0.15, 0.2) is 85.1 Å². The van der Waals surface area contributed by atoms with E-state index in [-0.39, 0.29) is 30.4 Å². The summed E-state index contributed by atoms with van der Waals surface area (Å²) in [4.78, 5) is 31.0. The molecular formula is C30H31N3O3. The molecule has 1 aliphatic heterocycles. The zero-order valence-corrected chi connectivity index (χ0v) is 20.9. The third-order valence-electron chi connectivity index (χ3n) is 6.98. The molecule has 0 bridgehead atoms. The first-order chi connectivity index (χ1) is 17.5. The second-order valence-corrected chi connectivity index (χ2v) is 9.45. The van der Waals surface area contributed by atoms with E-state index >= 15 is 0 Å². The summed E-state index contributed by atoms with van der Waals surface area (Å²) in [6.45, 7) is 5.17. The van der Waals surface area contributed by atoms with Gasteiger partial charge in [0.1, 0.15) is 18.3 Å². The molecule has 0 radical (unpaired) electrons. The normalized spacial score (nSPS) is 15.1. The van der Waals surface area contributed by atoms with Crippen molar-refractivity contribution in [1.29, 1.82) is 0 Å². The number of nitrogens with zero attached hydrogens (tertiary/aromatic N) is 3. The molecule has 0 saturated heterocycles. The molecule has 4 aromatic rings. The molecule has 2 heterocycles. The molecule has 0 fully saturated rings. The molecule has 0 spiro atoms. The molecule has 6 nitrogen and oxygen atoms in total. The Morgan fingerprint density at radius 3 is 2.47 bits per heavy atom. The Morgan fingerprint density at radius 1 is 0.944 bits per heavy atom. The van der Waals surface area contributed by atoms with Crippen LogP contribution in [0.1, 0.15) is 41.5 Å². The summed E-state index contributed by atoms with van der Waals surface area (Å²) in [7, 11) is 1.65. The predicted octanol–water partition coefficient (Wildman–Crippen LogP) is 5.13. The number of para-hydroxylation sites is 1. The summed E-state index contributed by atoms with van der Waals surface area (Å²) in [5.41, 5.74) is 2.56. The minimum Gasteiger partial charge on any atom is -0.496 e. The highest BCUT2D eigenvalue weighted by molar-refractivity contribution is 6.00. The van der Waals surface area contributed by atoms with Crippen molar-refractivity contribution < 1.29 is 14.3 Å². The summed E-state index contributed by atoms with van der Waals surface area (Å²) in [6, 6.07) is 25.1. The quantitative estimate of drug-likeness (QED) is 0.384. The number of fused-ring (bicyclic) bond motifs is 2. The number of hydrogen-bond donors (Lipinski definition) is 0. The van der Waals surface area contributed by atoms with Crippen molar-refractivity contribution in [3.63, 3.8) is 0 Å². The van der Waals surface area contributed by atoms with Crippen LogP contribution in [0.3, 0.4) is 0 Å². The summed E-state index contributed by atoms with van der Waals surface area (Å²) in [6.07, 6.45) is 2.04. The van der Waals surface area contributed by atoms with Crippen LogP contribution in [0.25, 0.3) is 10.8 Å². The maximum absolute atomic E-state index is 13.9. The first-order valence-electron chi connectivity index (χ1n) is 12.3. The fourth-order valence-electron chi connectivity index (χ4n) is 5.09. The average molecular weight is 482 g/mol. The maximum Gasteiger partial charge on any atom is 0.254 e. The van der Waals surface area contributed by atoms with Crippen molar-refractivity contribution in [3.8, 4) is 5.75 Å². The number of rotatable bonds is 6. The predicted molar refractivity (Wildman–Crippen MR) is 141 cm³/mol. The monoisotopic (exact) mass is 481 g/mol. The fourth-order valence-corrected chi connectivity index (χ4v) is 5.09. The zero-order chi connectivity index (χ0) is 25.2. The van der Waals surface area contributed by atoms with Crippen molar-refractivity contribution in [3.05, 3.63) is 102 Å². The van der Waals surface area contributed by atoms with Crippen molar-refractivity contribution in [2.24, 2.45) is 0 Å². The Kier molecular flexibility index (Phi) is 6.51. The van der Waals surface area contributed by atoms with E-state index in [1.165, 1.54) is 0 Å². The Balaban J connectivity index is 1.45. The summed E-state index contributed by atoms with van der Waals surface area (Å²) >= 11 is 0. The lowest BCUT2D eigenvalue weighted by Gasteiger charge is -2.39. The number of carbonyl (C=O) groups excluding carboxylic acids is 2. The first kappa shape index (κ1) is 23.7. The Labute approximate surface area is 211 Å². The van der Waals surface area contributed by atoms with Gasteiger partial charge in [0.05, 0.1) is 7.11 Å². The number of carbonyl (C=O) groups is 2. The van der Waals surface area contributed by atoms with Gasteiger partial charge in [-0.3, -0.25) is 9.59 Å². The lowest BCUT2D eigenvalue weighted by atomic mass is 9.98. The number of hydrogen-bond acceptors (Lipinski definition) is 3. The van der Waals surface area contributed by atoms with Gasteiger partial charge in [-0.25, -0.2) is 0 Å². The van der Waals surface area contributed by atoms with Crippen LogP contribution >= 0.6 is 0 Å². The lowest BCUT2D eigenvalue weighted by molar-refractivity contribution is -0.135. The van der Waals surface area contributed by atoms with Crippen molar-refractivity contribution in [2.75, 3.05) is 20.2 Å². The van der Waals surface area contributed by atoms with Crippen molar-refractivity contribution in [1.82, 2.24) is 14.4 Å². The van der Waals surface area contributed by atoms with Gasteiger partial charge < -0.3 is 19.1 Å². The second-order valence-electron chi connectivity index (χ2n) is 9.45. The van der Waals surface area contributed by atoms with Gasteiger partial charge in [-0.05, 0) is 55.0 Å². The summed E-state index contributed by atoms with van der Waals surface area (Å²) in [5, 5.41) is 2.09. The van der Waals surface area contributed by atoms with Crippen LogP contribution in [-0.4, -0.2) is 52.4 Å².